The number of ether oxygens (including phenoxy) is 1. The maximum absolute atomic E-state index is 12.9. The Morgan fingerprint density at radius 3 is 2.64 bits per heavy atom. The van der Waals surface area contributed by atoms with Gasteiger partial charge in [0, 0.05) is 16.6 Å². The second-order valence-electron chi connectivity index (χ2n) is 7.13. The van der Waals surface area contributed by atoms with Crippen LogP contribution in [0, 0.1) is 0 Å². The van der Waals surface area contributed by atoms with Crippen molar-refractivity contribution in [3.05, 3.63) is 76.2 Å². The number of fused-ring (bicyclic) bond motifs is 1. The van der Waals surface area contributed by atoms with Crippen molar-refractivity contribution in [3.8, 4) is 16.9 Å². The molecule has 0 spiro atoms. The molecule has 0 radical (unpaired) electrons. The lowest BCUT2D eigenvalue weighted by molar-refractivity contribution is 0.415. The number of H-pyrrole nitrogens is 1. The van der Waals surface area contributed by atoms with Crippen LogP contribution in [0.2, 0.25) is 0 Å². The Morgan fingerprint density at radius 1 is 1.09 bits per heavy atom. The SMILES string of the molecule is COc1ccc(Nc2nnc(SC(C)c3nc4scc(-c5ccccc5)c4c(=O)[nH]3)s2)cc1. The third-order valence-corrected chi connectivity index (χ3v) is 7.86. The number of hydrogen-bond acceptors (Lipinski definition) is 9. The molecule has 0 aliphatic rings. The number of nitrogens with one attached hydrogen (secondary N) is 2. The zero-order valence-electron chi connectivity index (χ0n) is 17.7. The molecule has 2 N–H and O–H groups in total. The van der Waals surface area contributed by atoms with Gasteiger partial charge in [-0.15, -0.1) is 21.5 Å². The minimum atomic E-state index is -0.123. The smallest absolute Gasteiger partial charge is 0.260 e. The highest BCUT2D eigenvalue weighted by molar-refractivity contribution is 8.01. The molecule has 3 aromatic heterocycles. The topological polar surface area (TPSA) is 92.8 Å². The lowest BCUT2D eigenvalue weighted by Crippen LogP contribution is -2.12. The second-order valence-corrected chi connectivity index (χ2v) is 10.6. The van der Waals surface area contributed by atoms with Crippen LogP contribution in [0.25, 0.3) is 21.3 Å². The average molecular weight is 494 g/mol. The van der Waals surface area contributed by atoms with Crippen molar-refractivity contribution in [1.82, 2.24) is 20.2 Å². The number of benzene rings is 2. The van der Waals surface area contributed by atoms with Crippen molar-refractivity contribution >= 4 is 55.5 Å². The molecule has 1 unspecified atom stereocenters. The number of aromatic amines is 1. The van der Waals surface area contributed by atoms with E-state index in [0.29, 0.717) is 16.3 Å². The van der Waals surface area contributed by atoms with Gasteiger partial charge in [0.05, 0.1) is 17.7 Å². The van der Waals surface area contributed by atoms with E-state index >= 15 is 0 Å². The van der Waals surface area contributed by atoms with E-state index in [-0.39, 0.29) is 10.8 Å². The summed E-state index contributed by atoms with van der Waals surface area (Å²) in [5, 5.41) is 15.0. The van der Waals surface area contributed by atoms with Crippen LogP contribution < -0.4 is 15.6 Å². The van der Waals surface area contributed by atoms with Gasteiger partial charge in [0.25, 0.3) is 5.56 Å². The van der Waals surface area contributed by atoms with Crippen molar-refractivity contribution in [3.63, 3.8) is 0 Å². The number of nitrogens with zero attached hydrogens (tertiary/aromatic N) is 3. The first kappa shape index (κ1) is 21.6. The van der Waals surface area contributed by atoms with Crippen LogP contribution in [0.3, 0.4) is 0 Å². The molecule has 1 atom stereocenters. The first-order valence-electron chi connectivity index (χ1n) is 10.1. The number of thioether (sulfide) groups is 1. The molecule has 166 valence electrons. The Balaban J connectivity index is 1.33. The van der Waals surface area contributed by atoms with Gasteiger partial charge in [-0.1, -0.05) is 53.4 Å². The highest BCUT2D eigenvalue weighted by Gasteiger charge is 2.18. The Hall–Kier alpha value is -3.21. The summed E-state index contributed by atoms with van der Waals surface area (Å²) in [7, 11) is 1.64. The summed E-state index contributed by atoms with van der Waals surface area (Å²) in [5.74, 6) is 1.42. The maximum atomic E-state index is 12.9. The van der Waals surface area contributed by atoms with E-state index in [1.54, 1.807) is 7.11 Å². The van der Waals surface area contributed by atoms with Crippen LogP contribution in [0.15, 0.2) is 69.1 Å². The fourth-order valence-corrected chi connectivity index (χ4v) is 6.23. The summed E-state index contributed by atoms with van der Waals surface area (Å²) in [6.07, 6.45) is 0. The summed E-state index contributed by atoms with van der Waals surface area (Å²) < 4.78 is 5.97. The van der Waals surface area contributed by atoms with E-state index in [1.807, 2.05) is 66.9 Å². The van der Waals surface area contributed by atoms with Crippen LogP contribution in [0.1, 0.15) is 18.0 Å². The molecule has 5 rings (SSSR count). The molecule has 2 aromatic carbocycles. The van der Waals surface area contributed by atoms with Gasteiger partial charge in [-0.25, -0.2) is 4.98 Å². The molecular weight excluding hydrogens is 474 g/mol. The molecule has 0 aliphatic heterocycles. The maximum Gasteiger partial charge on any atom is 0.260 e. The minimum Gasteiger partial charge on any atom is -0.497 e. The molecule has 5 aromatic rings. The Labute approximate surface area is 201 Å². The van der Waals surface area contributed by atoms with Gasteiger partial charge in [-0.05, 0) is 36.8 Å². The van der Waals surface area contributed by atoms with Crippen LogP contribution in [-0.4, -0.2) is 27.3 Å². The van der Waals surface area contributed by atoms with Crippen LogP contribution >= 0.6 is 34.4 Å². The van der Waals surface area contributed by atoms with Gasteiger partial charge >= 0.3 is 0 Å². The summed E-state index contributed by atoms with van der Waals surface area (Å²) in [4.78, 5) is 21.4. The van der Waals surface area contributed by atoms with E-state index in [0.717, 1.165) is 31.7 Å². The monoisotopic (exact) mass is 493 g/mol. The predicted octanol–water partition coefficient (Wildman–Crippen LogP) is 6.11. The van der Waals surface area contributed by atoms with Gasteiger partial charge < -0.3 is 15.0 Å². The van der Waals surface area contributed by atoms with Crippen molar-refractivity contribution in [2.45, 2.75) is 16.5 Å². The summed E-state index contributed by atoms with van der Waals surface area (Å²) >= 11 is 4.45. The molecule has 0 bridgehead atoms. The molecule has 0 amide bonds. The van der Waals surface area contributed by atoms with Crippen molar-refractivity contribution < 1.29 is 4.74 Å². The van der Waals surface area contributed by atoms with Gasteiger partial charge in [-0.2, -0.15) is 0 Å². The Bertz CT molecular complexity index is 1440. The number of thiophene rings is 1. The predicted molar refractivity (Wildman–Crippen MR) is 136 cm³/mol. The second kappa shape index (κ2) is 9.34. The van der Waals surface area contributed by atoms with E-state index in [1.165, 1.54) is 34.4 Å². The van der Waals surface area contributed by atoms with E-state index in [2.05, 4.69) is 20.5 Å². The van der Waals surface area contributed by atoms with Crippen molar-refractivity contribution in [1.29, 1.82) is 0 Å². The third-order valence-electron chi connectivity index (χ3n) is 4.96. The van der Waals surface area contributed by atoms with E-state index in [4.69, 9.17) is 9.72 Å². The largest absolute Gasteiger partial charge is 0.497 e. The molecule has 0 fully saturated rings. The Morgan fingerprint density at radius 2 is 1.88 bits per heavy atom. The Kier molecular flexibility index (Phi) is 6.12. The number of rotatable bonds is 7. The fourth-order valence-electron chi connectivity index (χ4n) is 3.30. The first-order chi connectivity index (χ1) is 16.1. The quantitative estimate of drug-likeness (QED) is 0.264. The molecular formula is C23H19N5O2S3. The lowest BCUT2D eigenvalue weighted by Gasteiger charge is -2.08. The van der Waals surface area contributed by atoms with Crippen LogP contribution in [-0.2, 0) is 0 Å². The summed E-state index contributed by atoms with van der Waals surface area (Å²) in [5.41, 5.74) is 2.70. The van der Waals surface area contributed by atoms with Crippen LogP contribution in [0.5, 0.6) is 5.75 Å². The molecule has 33 heavy (non-hydrogen) atoms. The normalized spacial score (nSPS) is 12.1. The molecule has 0 aliphatic carbocycles. The zero-order chi connectivity index (χ0) is 22.8. The van der Waals surface area contributed by atoms with Crippen molar-refractivity contribution in [2.75, 3.05) is 12.4 Å². The van der Waals surface area contributed by atoms with Gasteiger partial charge in [0.2, 0.25) is 5.13 Å². The number of hydrogen-bond donors (Lipinski definition) is 2. The van der Waals surface area contributed by atoms with Gasteiger partial charge in [0.15, 0.2) is 4.34 Å². The van der Waals surface area contributed by atoms with E-state index in [9.17, 15) is 4.79 Å². The highest BCUT2D eigenvalue weighted by atomic mass is 32.2. The summed E-state index contributed by atoms with van der Waals surface area (Å²) in [6.45, 7) is 2.00. The standard InChI is InChI=1S/C23H19N5O2S3/c1-13(32-23-28-27-22(33-23)24-15-8-10-16(30-2)11-9-15)19-25-20(29)18-17(12-31-21(18)26-19)14-6-4-3-5-7-14/h3-13H,1-2H3,(H,24,27)(H,25,26,29). The average Bonchev–Trinajstić information content (AvgIpc) is 3.47. The fraction of sp³-hybridized carbons (Fsp3) is 0.130. The zero-order valence-corrected chi connectivity index (χ0v) is 20.2. The third kappa shape index (κ3) is 4.63. The first-order valence-corrected chi connectivity index (χ1v) is 12.7. The highest BCUT2D eigenvalue weighted by Crippen LogP contribution is 2.38. The molecule has 10 heteroatoms. The van der Waals surface area contributed by atoms with Crippen molar-refractivity contribution in [2.24, 2.45) is 0 Å². The van der Waals surface area contributed by atoms with Crippen LogP contribution in [0.4, 0.5) is 10.8 Å². The van der Waals surface area contributed by atoms with E-state index < -0.39 is 0 Å². The number of methoxy groups -OCH3 is 1. The lowest BCUT2D eigenvalue weighted by atomic mass is 10.1. The molecule has 3 heterocycles. The molecule has 0 saturated carbocycles. The molecule has 7 nitrogen and oxygen atoms in total. The number of aromatic nitrogens is 4. The minimum absolute atomic E-state index is 0.0915. The van der Waals surface area contributed by atoms with Gasteiger partial charge in [0.1, 0.15) is 16.4 Å². The summed E-state index contributed by atoms with van der Waals surface area (Å²) in [6, 6.07) is 17.5. The number of anilines is 2. The molecule has 0 saturated heterocycles. The van der Waals surface area contributed by atoms with Gasteiger partial charge in [-0.3, -0.25) is 4.79 Å².